The zero-order valence-electron chi connectivity index (χ0n) is 14.5. The second-order valence-electron chi connectivity index (χ2n) is 5.96. The van der Waals surface area contributed by atoms with Gasteiger partial charge in [-0.15, -0.1) is 35.3 Å². The summed E-state index contributed by atoms with van der Waals surface area (Å²) in [6, 6.07) is 0. The molecular weight excluding hydrogens is 421 g/mol. The quantitative estimate of drug-likeness (QED) is 0.397. The Morgan fingerprint density at radius 2 is 2.13 bits per heavy atom. The molecule has 1 fully saturated rings. The molecule has 7 heteroatoms. The number of thiazole rings is 1. The number of aliphatic imine (C=N–C) groups is 1. The van der Waals surface area contributed by atoms with Crippen LogP contribution in [0.25, 0.3) is 0 Å². The summed E-state index contributed by atoms with van der Waals surface area (Å²) >= 11 is 1.75. The van der Waals surface area contributed by atoms with Gasteiger partial charge in [-0.3, -0.25) is 9.89 Å². The average molecular weight is 451 g/mol. The Bertz CT molecular complexity index is 469. The van der Waals surface area contributed by atoms with E-state index in [0.717, 1.165) is 37.9 Å². The lowest BCUT2D eigenvalue weighted by Crippen LogP contribution is -2.42. The molecular formula is C16H30IN5S. The van der Waals surface area contributed by atoms with Gasteiger partial charge in [-0.05, 0) is 45.2 Å². The first kappa shape index (κ1) is 20.6. The average Bonchev–Trinajstić information content (AvgIpc) is 2.94. The second-order valence-corrected chi connectivity index (χ2v) is 7.02. The van der Waals surface area contributed by atoms with E-state index in [2.05, 4.69) is 44.7 Å². The van der Waals surface area contributed by atoms with Gasteiger partial charge >= 0.3 is 0 Å². The molecule has 1 aromatic heterocycles. The molecule has 0 aliphatic carbocycles. The molecule has 0 bridgehead atoms. The van der Waals surface area contributed by atoms with Gasteiger partial charge in [-0.25, -0.2) is 4.98 Å². The highest BCUT2D eigenvalue weighted by Crippen LogP contribution is 2.19. The molecule has 132 valence electrons. The van der Waals surface area contributed by atoms with Gasteiger partial charge in [0.25, 0.3) is 0 Å². The molecule has 2 heterocycles. The van der Waals surface area contributed by atoms with Crippen LogP contribution in [0.4, 0.5) is 0 Å². The van der Waals surface area contributed by atoms with Crippen molar-refractivity contribution in [3.05, 3.63) is 16.1 Å². The van der Waals surface area contributed by atoms with E-state index in [1.54, 1.807) is 11.3 Å². The third kappa shape index (κ3) is 7.34. The van der Waals surface area contributed by atoms with Gasteiger partial charge in [0.05, 0.1) is 10.7 Å². The maximum Gasteiger partial charge on any atom is 0.190 e. The van der Waals surface area contributed by atoms with E-state index in [-0.39, 0.29) is 24.0 Å². The normalized spacial score (nSPS) is 16.9. The fraction of sp³-hybridized carbons (Fsp3) is 0.750. The first-order valence-corrected chi connectivity index (χ1v) is 9.17. The minimum Gasteiger partial charge on any atom is -0.356 e. The number of nitrogens with zero attached hydrogens (tertiary/aromatic N) is 3. The summed E-state index contributed by atoms with van der Waals surface area (Å²) in [5.74, 6) is 1.68. The number of guanidine groups is 1. The van der Waals surface area contributed by atoms with E-state index >= 15 is 0 Å². The lowest BCUT2D eigenvalue weighted by molar-refractivity contribution is 0.176. The fourth-order valence-electron chi connectivity index (χ4n) is 2.76. The van der Waals surface area contributed by atoms with Crippen molar-refractivity contribution < 1.29 is 0 Å². The minimum absolute atomic E-state index is 0. The predicted molar refractivity (Wildman–Crippen MR) is 110 cm³/mol. The van der Waals surface area contributed by atoms with Crippen LogP contribution in [0.5, 0.6) is 0 Å². The van der Waals surface area contributed by atoms with Crippen LogP contribution in [0.1, 0.15) is 36.9 Å². The molecule has 23 heavy (non-hydrogen) atoms. The van der Waals surface area contributed by atoms with Crippen molar-refractivity contribution in [2.24, 2.45) is 10.9 Å². The van der Waals surface area contributed by atoms with E-state index in [9.17, 15) is 0 Å². The van der Waals surface area contributed by atoms with E-state index in [4.69, 9.17) is 0 Å². The van der Waals surface area contributed by atoms with Crippen molar-refractivity contribution >= 4 is 41.3 Å². The van der Waals surface area contributed by atoms with Crippen LogP contribution < -0.4 is 10.6 Å². The maximum atomic E-state index is 4.56. The molecule has 5 nitrogen and oxygen atoms in total. The summed E-state index contributed by atoms with van der Waals surface area (Å²) in [6.45, 7) is 9.58. The molecule has 1 aliphatic heterocycles. The summed E-state index contributed by atoms with van der Waals surface area (Å²) in [7, 11) is 1.84. The molecule has 0 amide bonds. The Hall–Kier alpha value is -0.410. The number of piperidine rings is 1. The van der Waals surface area contributed by atoms with Crippen LogP contribution in [0.15, 0.2) is 10.4 Å². The molecule has 0 atom stereocenters. The summed E-state index contributed by atoms with van der Waals surface area (Å²) in [4.78, 5) is 11.3. The smallest absolute Gasteiger partial charge is 0.190 e. The van der Waals surface area contributed by atoms with Crippen molar-refractivity contribution in [1.29, 1.82) is 0 Å². The number of aromatic nitrogens is 1. The van der Waals surface area contributed by atoms with E-state index < -0.39 is 0 Å². The Balaban J connectivity index is 0.00000264. The van der Waals surface area contributed by atoms with E-state index in [1.807, 2.05) is 7.05 Å². The van der Waals surface area contributed by atoms with Gasteiger partial charge in [0.15, 0.2) is 5.96 Å². The van der Waals surface area contributed by atoms with Crippen LogP contribution in [0.3, 0.4) is 0 Å². The van der Waals surface area contributed by atoms with Crippen LogP contribution in [0, 0.1) is 12.8 Å². The maximum absolute atomic E-state index is 4.56. The fourth-order valence-corrected chi connectivity index (χ4v) is 3.37. The standard InChI is InChI=1S/C16H29N5S.HI/c1-4-7-18-16(17-3)19-10-14-5-8-21(9-6-14)11-15-12-22-13(2)20-15;/h12,14H,4-11H2,1-3H3,(H2,17,18,19);1H. The Kier molecular flexibility index (Phi) is 10.0. The van der Waals surface area contributed by atoms with Gasteiger partial charge in [0.2, 0.25) is 0 Å². The predicted octanol–water partition coefficient (Wildman–Crippen LogP) is 2.86. The van der Waals surface area contributed by atoms with Crippen molar-refractivity contribution in [3.63, 3.8) is 0 Å². The van der Waals surface area contributed by atoms with Gasteiger partial charge in [-0.2, -0.15) is 0 Å². The third-order valence-electron chi connectivity index (χ3n) is 4.08. The number of hydrogen-bond acceptors (Lipinski definition) is 4. The van der Waals surface area contributed by atoms with Gasteiger partial charge in [-0.1, -0.05) is 6.92 Å². The third-order valence-corrected chi connectivity index (χ3v) is 4.91. The summed E-state index contributed by atoms with van der Waals surface area (Å²) in [6.07, 6.45) is 3.62. The minimum atomic E-state index is 0. The molecule has 1 aliphatic rings. The van der Waals surface area contributed by atoms with Crippen molar-refractivity contribution in [1.82, 2.24) is 20.5 Å². The zero-order valence-corrected chi connectivity index (χ0v) is 17.6. The van der Waals surface area contributed by atoms with Crippen LogP contribution in [-0.4, -0.2) is 49.1 Å². The van der Waals surface area contributed by atoms with Gasteiger partial charge < -0.3 is 10.6 Å². The molecule has 0 saturated carbocycles. The van der Waals surface area contributed by atoms with E-state index in [0.29, 0.717) is 0 Å². The van der Waals surface area contributed by atoms with Crippen LogP contribution in [-0.2, 0) is 6.54 Å². The zero-order chi connectivity index (χ0) is 15.8. The van der Waals surface area contributed by atoms with Crippen LogP contribution in [0.2, 0.25) is 0 Å². The second kappa shape index (κ2) is 11.2. The Morgan fingerprint density at radius 1 is 1.39 bits per heavy atom. The SMILES string of the molecule is CCCNC(=NC)NCC1CCN(Cc2csc(C)n2)CC1.I. The van der Waals surface area contributed by atoms with Crippen molar-refractivity contribution in [2.45, 2.75) is 39.7 Å². The first-order chi connectivity index (χ1) is 10.7. The number of nitrogens with one attached hydrogen (secondary N) is 2. The lowest BCUT2D eigenvalue weighted by atomic mass is 9.97. The highest BCUT2D eigenvalue weighted by atomic mass is 127. The highest BCUT2D eigenvalue weighted by molar-refractivity contribution is 14.0. The van der Waals surface area contributed by atoms with Gasteiger partial charge in [0, 0.05) is 32.1 Å². The molecule has 0 radical (unpaired) electrons. The summed E-state index contributed by atoms with van der Waals surface area (Å²) < 4.78 is 0. The number of halogens is 1. The molecule has 1 aromatic rings. The van der Waals surface area contributed by atoms with Crippen molar-refractivity contribution in [2.75, 3.05) is 33.2 Å². The number of rotatable bonds is 6. The van der Waals surface area contributed by atoms with E-state index in [1.165, 1.54) is 36.6 Å². The molecule has 1 saturated heterocycles. The number of hydrogen-bond donors (Lipinski definition) is 2. The highest BCUT2D eigenvalue weighted by Gasteiger charge is 2.20. The van der Waals surface area contributed by atoms with Crippen LogP contribution >= 0.6 is 35.3 Å². The Labute approximate surface area is 161 Å². The largest absolute Gasteiger partial charge is 0.356 e. The molecule has 2 N–H and O–H groups in total. The number of aryl methyl sites for hydroxylation is 1. The Morgan fingerprint density at radius 3 is 2.70 bits per heavy atom. The molecule has 2 rings (SSSR count). The van der Waals surface area contributed by atoms with Gasteiger partial charge in [0.1, 0.15) is 0 Å². The lowest BCUT2D eigenvalue weighted by Gasteiger charge is -2.31. The monoisotopic (exact) mass is 451 g/mol. The molecule has 0 spiro atoms. The molecule has 0 unspecified atom stereocenters. The van der Waals surface area contributed by atoms with Crippen molar-refractivity contribution in [3.8, 4) is 0 Å². The topological polar surface area (TPSA) is 52.6 Å². The number of likely N-dealkylation sites (tertiary alicyclic amines) is 1. The summed E-state index contributed by atoms with van der Waals surface area (Å²) in [5, 5.41) is 10.1. The summed E-state index contributed by atoms with van der Waals surface area (Å²) in [5.41, 5.74) is 1.23. The molecule has 0 aromatic carbocycles. The first-order valence-electron chi connectivity index (χ1n) is 8.29.